The molecule has 0 saturated carbocycles. The number of H-pyrrole nitrogens is 1. The molecule has 1 N–H and O–H groups in total. The van der Waals surface area contributed by atoms with Crippen LogP contribution in [0.2, 0.25) is 0 Å². The summed E-state index contributed by atoms with van der Waals surface area (Å²) in [5.41, 5.74) is 0. The van der Waals surface area contributed by atoms with Gasteiger partial charge in [-0.15, -0.1) is 5.10 Å². The van der Waals surface area contributed by atoms with E-state index in [0.29, 0.717) is 16.9 Å². The summed E-state index contributed by atoms with van der Waals surface area (Å²) in [4.78, 5) is 2.28. The molecule has 1 aromatic heterocycles. The minimum Gasteiger partial charge on any atom is -0.339 e. The van der Waals surface area contributed by atoms with Crippen LogP contribution in [-0.2, 0) is 0 Å². The monoisotopic (exact) mass is 242 g/mol. The van der Waals surface area contributed by atoms with Crippen LogP contribution in [0.5, 0.6) is 0 Å². The van der Waals surface area contributed by atoms with Gasteiger partial charge in [0.1, 0.15) is 0 Å². The van der Waals surface area contributed by atoms with Crippen LogP contribution < -0.4 is 4.90 Å². The maximum Gasteiger partial charge on any atom is 0.226 e. The van der Waals surface area contributed by atoms with Gasteiger partial charge in [0, 0.05) is 18.6 Å². The molecule has 16 heavy (non-hydrogen) atoms. The first-order valence-electron chi connectivity index (χ1n) is 5.96. The van der Waals surface area contributed by atoms with Gasteiger partial charge in [0.05, 0.1) is 0 Å². The molecule has 1 atom stereocenters. The number of anilines is 1. The maximum atomic E-state index is 5.26. The number of aromatic amines is 1. The quantitative estimate of drug-likeness (QED) is 0.806. The summed E-state index contributed by atoms with van der Waals surface area (Å²) in [6.45, 7) is 11.7. The molecule has 0 amide bonds. The Labute approximate surface area is 103 Å². The second kappa shape index (κ2) is 5.48. The van der Waals surface area contributed by atoms with E-state index in [1.165, 1.54) is 0 Å². The molecular weight excluding hydrogens is 220 g/mol. The predicted molar refractivity (Wildman–Crippen MR) is 70.6 cm³/mol. The third-order valence-electron chi connectivity index (χ3n) is 2.92. The molecular formula is C11H22N4S. The molecule has 0 aliphatic carbocycles. The molecule has 0 fully saturated rings. The molecule has 1 aromatic rings. The second-order valence-corrected chi connectivity index (χ2v) is 4.72. The van der Waals surface area contributed by atoms with Gasteiger partial charge in [-0.1, -0.05) is 6.92 Å². The van der Waals surface area contributed by atoms with E-state index < -0.39 is 0 Å². The van der Waals surface area contributed by atoms with Crippen molar-refractivity contribution in [3.05, 3.63) is 4.77 Å². The van der Waals surface area contributed by atoms with Gasteiger partial charge < -0.3 is 4.90 Å². The summed E-state index contributed by atoms with van der Waals surface area (Å²) in [7, 11) is 0. The van der Waals surface area contributed by atoms with Gasteiger partial charge in [-0.25, -0.2) is 5.10 Å². The van der Waals surface area contributed by atoms with Crippen LogP contribution in [0.1, 0.15) is 47.1 Å². The molecule has 0 aromatic carbocycles. The molecule has 0 aliphatic rings. The van der Waals surface area contributed by atoms with Crippen LogP contribution in [0, 0.1) is 4.77 Å². The van der Waals surface area contributed by atoms with E-state index in [2.05, 4.69) is 54.3 Å². The minimum absolute atomic E-state index is 0.333. The zero-order valence-corrected chi connectivity index (χ0v) is 11.6. The molecule has 0 spiro atoms. The molecule has 0 aliphatic heterocycles. The van der Waals surface area contributed by atoms with Gasteiger partial charge in [-0.2, -0.15) is 0 Å². The summed E-state index contributed by atoms with van der Waals surface area (Å²) >= 11 is 5.26. The normalized spacial score (nSPS) is 13.1. The summed E-state index contributed by atoms with van der Waals surface area (Å²) in [5, 5.41) is 7.24. The Morgan fingerprint density at radius 3 is 2.44 bits per heavy atom. The van der Waals surface area contributed by atoms with Crippen molar-refractivity contribution in [1.82, 2.24) is 14.8 Å². The number of nitrogens with zero attached hydrogens (tertiary/aromatic N) is 3. The Bertz CT molecular complexity index is 380. The second-order valence-electron chi connectivity index (χ2n) is 4.34. The molecule has 0 radical (unpaired) electrons. The van der Waals surface area contributed by atoms with Crippen LogP contribution >= 0.6 is 12.2 Å². The van der Waals surface area contributed by atoms with Crippen LogP contribution in [0.25, 0.3) is 0 Å². The highest BCUT2D eigenvalue weighted by Gasteiger charge is 2.18. The first-order chi connectivity index (χ1) is 7.52. The number of aromatic nitrogens is 3. The summed E-state index contributed by atoms with van der Waals surface area (Å²) in [5.74, 6) is 0.955. The van der Waals surface area contributed by atoms with Gasteiger partial charge in [-0.05, 0) is 46.3 Å². The van der Waals surface area contributed by atoms with Crippen molar-refractivity contribution in [2.24, 2.45) is 0 Å². The molecule has 1 unspecified atom stereocenters. The van der Waals surface area contributed by atoms with E-state index in [0.717, 1.165) is 18.9 Å². The number of nitrogens with one attached hydrogen (secondary N) is 1. The van der Waals surface area contributed by atoms with Crippen LogP contribution in [0.3, 0.4) is 0 Å². The van der Waals surface area contributed by atoms with Crippen LogP contribution in [-0.4, -0.2) is 27.4 Å². The predicted octanol–water partition coefficient (Wildman–Crippen LogP) is 3.15. The van der Waals surface area contributed by atoms with E-state index in [1.54, 1.807) is 0 Å². The first kappa shape index (κ1) is 13.2. The lowest BCUT2D eigenvalue weighted by Crippen LogP contribution is -2.34. The van der Waals surface area contributed by atoms with E-state index in [4.69, 9.17) is 12.2 Å². The van der Waals surface area contributed by atoms with Gasteiger partial charge in [0.15, 0.2) is 4.77 Å². The lowest BCUT2D eigenvalue weighted by atomic mass is 10.2. The van der Waals surface area contributed by atoms with Crippen LogP contribution in [0.15, 0.2) is 0 Å². The lowest BCUT2D eigenvalue weighted by molar-refractivity contribution is 0.547. The smallest absolute Gasteiger partial charge is 0.226 e. The van der Waals surface area contributed by atoms with Crippen molar-refractivity contribution >= 4 is 18.2 Å². The number of hydrogen-bond donors (Lipinski definition) is 1. The van der Waals surface area contributed by atoms with Crippen molar-refractivity contribution in [2.45, 2.75) is 53.1 Å². The van der Waals surface area contributed by atoms with Crippen molar-refractivity contribution in [3.8, 4) is 0 Å². The average Bonchev–Trinajstić information content (AvgIpc) is 2.61. The molecule has 4 nitrogen and oxygen atoms in total. The number of rotatable bonds is 5. The van der Waals surface area contributed by atoms with E-state index in [9.17, 15) is 0 Å². The molecule has 0 saturated heterocycles. The van der Waals surface area contributed by atoms with Gasteiger partial charge in [-0.3, -0.25) is 4.57 Å². The fraction of sp³-hybridized carbons (Fsp3) is 0.818. The van der Waals surface area contributed by atoms with E-state index in [1.807, 2.05) is 0 Å². The van der Waals surface area contributed by atoms with Gasteiger partial charge in [0.2, 0.25) is 5.95 Å². The van der Waals surface area contributed by atoms with Crippen molar-refractivity contribution < 1.29 is 0 Å². The zero-order chi connectivity index (χ0) is 12.3. The van der Waals surface area contributed by atoms with Gasteiger partial charge in [0.25, 0.3) is 0 Å². The Hall–Kier alpha value is -0.840. The fourth-order valence-electron chi connectivity index (χ4n) is 1.84. The number of hydrogen-bond acceptors (Lipinski definition) is 3. The van der Waals surface area contributed by atoms with Crippen molar-refractivity contribution in [2.75, 3.05) is 11.4 Å². The summed E-state index contributed by atoms with van der Waals surface area (Å²) in [6.07, 6.45) is 1.10. The van der Waals surface area contributed by atoms with E-state index >= 15 is 0 Å². The Kier molecular flexibility index (Phi) is 4.53. The SMILES string of the molecule is CCC(C)N(CC)c1n[nH]c(=S)n1C(C)C. The van der Waals surface area contributed by atoms with Crippen LogP contribution in [0.4, 0.5) is 5.95 Å². The average molecular weight is 242 g/mol. The van der Waals surface area contributed by atoms with Crippen molar-refractivity contribution in [1.29, 1.82) is 0 Å². The van der Waals surface area contributed by atoms with Crippen molar-refractivity contribution in [3.63, 3.8) is 0 Å². The highest BCUT2D eigenvalue weighted by molar-refractivity contribution is 7.71. The third-order valence-corrected chi connectivity index (χ3v) is 3.21. The molecule has 1 heterocycles. The zero-order valence-electron chi connectivity index (χ0n) is 10.8. The topological polar surface area (TPSA) is 36.9 Å². The maximum absolute atomic E-state index is 5.26. The largest absolute Gasteiger partial charge is 0.339 e. The molecule has 1 rings (SSSR count). The summed E-state index contributed by atoms with van der Waals surface area (Å²) in [6, 6.07) is 0.812. The third kappa shape index (κ3) is 2.45. The molecule has 92 valence electrons. The molecule has 5 heteroatoms. The molecule has 0 bridgehead atoms. The van der Waals surface area contributed by atoms with Gasteiger partial charge >= 0.3 is 0 Å². The highest BCUT2D eigenvalue weighted by Crippen LogP contribution is 2.20. The lowest BCUT2D eigenvalue weighted by Gasteiger charge is -2.29. The minimum atomic E-state index is 0.333. The highest BCUT2D eigenvalue weighted by atomic mass is 32.1. The van der Waals surface area contributed by atoms with E-state index in [-0.39, 0.29) is 0 Å². The fourth-order valence-corrected chi connectivity index (χ4v) is 2.17. The Morgan fingerprint density at radius 2 is 2.00 bits per heavy atom. The summed E-state index contributed by atoms with van der Waals surface area (Å²) < 4.78 is 2.78. The first-order valence-corrected chi connectivity index (χ1v) is 6.37. The Balaban J connectivity index is 3.15. The Morgan fingerprint density at radius 1 is 1.38 bits per heavy atom. The standard InChI is InChI=1S/C11H22N4S/c1-6-9(5)14(7-2)10-12-13-11(16)15(10)8(3)4/h8-9H,6-7H2,1-5H3,(H,13,16).